The van der Waals surface area contributed by atoms with Crippen LogP contribution in [0.2, 0.25) is 0 Å². The maximum absolute atomic E-state index is 12.1. The summed E-state index contributed by atoms with van der Waals surface area (Å²) in [6.45, 7) is 4.56. The number of hydrogen-bond donors (Lipinski definition) is 1. The molecule has 0 saturated carbocycles. The van der Waals surface area contributed by atoms with Crippen molar-refractivity contribution in [1.82, 2.24) is 15.2 Å². The molecule has 0 aliphatic heterocycles. The Bertz CT molecular complexity index is 490. The highest BCUT2D eigenvalue weighted by molar-refractivity contribution is 5.94. The zero-order valence-corrected chi connectivity index (χ0v) is 11.0. The van der Waals surface area contributed by atoms with E-state index in [0.29, 0.717) is 18.7 Å². The normalized spacial score (nSPS) is 9.53. The fraction of sp³-hybridized carbons (Fsp3) is 0.385. The number of nitrogens with zero attached hydrogens (tertiary/aromatic N) is 3. The number of pyridine rings is 1. The smallest absolute Gasteiger partial charge is 0.272 e. The predicted octanol–water partition coefficient (Wildman–Crippen LogP) is 0.551. The van der Waals surface area contributed by atoms with Gasteiger partial charge in [-0.2, -0.15) is 5.26 Å². The molecule has 100 valence electrons. The van der Waals surface area contributed by atoms with E-state index < -0.39 is 0 Å². The second-order valence-corrected chi connectivity index (χ2v) is 3.82. The largest absolute Gasteiger partial charge is 0.355 e. The van der Waals surface area contributed by atoms with Gasteiger partial charge in [-0.3, -0.25) is 9.59 Å². The van der Waals surface area contributed by atoms with Gasteiger partial charge in [0, 0.05) is 19.3 Å². The lowest BCUT2D eigenvalue weighted by atomic mass is 10.2. The maximum atomic E-state index is 12.1. The number of rotatable bonds is 5. The molecule has 0 spiro atoms. The molecule has 19 heavy (non-hydrogen) atoms. The topological polar surface area (TPSA) is 86.1 Å². The number of hydrogen-bond acceptors (Lipinski definition) is 4. The molecule has 6 heteroatoms. The summed E-state index contributed by atoms with van der Waals surface area (Å²) in [6, 6.07) is 4.95. The van der Waals surface area contributed by atoms with Crippen molar-refractivity contribution in [2.75, 3.05) is 19.6 Å². The highest BCUT2D eigenvalue weighted by atomic mass is 16.2. The van der Waals surface area contributed by atoms with E-state index in [-0.39, 0.29) is 24.1 Å². The summed E-state index contributed by atoms with van der Waals surface area (Å²) in [4.78, 5) is 28.9. The number of amides is 2. The van der Waals surface area contributed by atoms with Gasteiger partial charge in [-0.25, -0.2) is 4.98 Å². The van der Waals surface area contributed by atoms with Crippen molar-refractivity contribution in [2.45, 2.75) is 13.8 Å². The Balaban J connectivity index is 2.77. The van der Waals surface area contributed by atoms with Gasteiger partial charge in [0.25, 0.3) is 5.91 Å². The van der Waals surface area contributed by atoms with Crippen molar-refractivity contribution in [3.63, 3.8) is 0 Å². The standard InChI is InChI=1S/C13H16N4O2/c1-3-15-12(18)9-17(4-2)13(19)11-6-5-10(7-14)8-16-11/h5-6,8H,3-4,9H2,1-2H3,(H,15,18). The molecule has 1 aromatic rings. The predicted molar refractivity (Wildman–Crippen MR) is 69.2 cm³/mol. The van der Waals surface area contributed by atoms with Crippen molar-refractivity contribution >= 4 is 11.8 Å². The van der Waals surface area contributed by atoms with Crippen molar-refractivity contribution in [1.29, 1.82) is 5.26 Å². The van der Waals surface area contributed by atoms with Gasteiger partial charge in [-0.15, -0.1) is 0 Å². The molecule has 1 N–H and O–H groups in total. The van der Waals surface area contributed by atoms with E-state index in [1.54, 1.807) is 6.92 Å². The molecule has 0 saturated heterocycles. The molecule has 0 bridgehead atoms. The summed E-state index contributed by atoms with van der Waals surface area (Å²) >= 11 is 0. The second-order valence-electron chi connectivity index (χ2n) is 3.82. The fourth-order valence-electron chi connectivity index (χ4n) is 1.50. The second kappa shape index (κ2) is 7.11. The first kappa shape index (κ1) is 14.6. The van der Waals surface area contributed by atoms with E-state index >= 15 is 0 Å². The molecule has 0 fully saturated rings. The minimum Gasteiger partial charge on any atom is -0.355 e. The molecular weight excluding hydrogens is 244 g/mol. The minimum absolute atomic E-state index is 0.00482. The third-order valence-corrected chi connectivity index (χ3v) is 2.49. The van der Waals surface area contributed by atoms with Crippen molar-refractivity contribution < 1.29 is 9.59 Å². The number of nitrogens with one attached hydrogen (secondary N) is 1. The van der Waals surface area contributed by atoms with Gasteiger partial charge in [0.2, 0.25) is 5.91 Å². The van der Waals surface area contributed by atoms with E-state index in [0.717, 1.165) is 0 Å². The molecule has 1 heterocycles. The average Bonchev–Trinajstić information content (AvgIpc) is 2.44. The van der Waals surface area contributed by atoms with E-state index in [2.05, 4.69) is 10.3 Å². The third-order valence-electron chi connectivity index (χ3n) is 2.49. The number of nitriles is 1. The van der Waals surface area contributed by atoms with Crippen LogP contribution in [0, 0.1) is 11.3 Å². The molecule has 1 aromatic heterocycles. The van der Waals surface area contributed by atoms with Gasteiger partial charge in [0.05, 0.1) is 12.1 Å². The van der Waals surface area contributed by atoms with Crippen LogP contribution in [-0.2, 0) is 4.79 Å². The van der Waals surface area contributed by atoms with Crippen LogP contribution in [0.1, 0.15) is 29.9 Å². The van der Waals surface area contributed by atoms with E-state index in [4.69, 9.17) is 5.26 Å². The van der Waals surface area contributed by atoms with Gasteiger partial charge in [0.1, 0.15) is 11.8 Å². The fourth-order valence-corrected chi connectivity index (χ4v) is 1.50. The lowest BCUT2D eigenvalue weighted by Crippen LogP contribution is -2.40. The molecule has 6 nitrogen and oxygen atoms in total. The van der Waals surface area contributed by atoms with E-state index in [9.17, 15) is 9.59 Å². The Labute approximate surface area is 112 Å². The van der Waals surface area contributed by atoms with Crippen LogP contribution in [0.25, 0.3) is 0 Å². The first-order valence-electron chi connectivity index (χ1n) is 6.04. The Morgan fingerprint density at radius 2 is 2.16 bits per heavy atom. The minimum atomic E-state index is -0.321. The van der Waals surface area contributed by atoms with E-state index in [1.807, 2.05) is 13.0 Å². The van der Waals surface area contributed by atoms with Crippen LogP contribution in [-0.4, -0.2) is 41.3 Å². The monoisotopic (exact) mass is 260 g/mol. The summed E-state index contributed by atoms with van der Waals surface area (Å²) < 4.78 is 0. The molecule has 2 amide bonds. The number of likely N-dealkylation sites (N-methyl/N-ethyl adjacent to an activating group) is 2. The molecule has 0 aromatic carbocycles. The van der Waals surface area contributed by atoms with Gasteiger partial charge < -0.3 is 10.2 Å². The lowest BCUT2D eigenvalue weighted by molar-refractivity contribution is -0.121. The molecule has 1 rings (SSSR count). The molecule has 0 radical (unpaired) electrons. The van der Waals surface area contributed by atoms with Gasteiger partial charge in [-0.05, 0) is 26.0 Å². The SMILES string of the molecule is CCNC(=O)CN(CC)C(=O)c1ccc(C#N)cn1. The van der Waals surface area contributed by atoms with Crippen molar-refractivity contribution in [3.8, 4) is 6.07 Å². The quantitative estimate of drug-likeness (QED) is 0.837. The van der Waals surface area contributed by atoms with Crippen molar-refractivity contribution in [2.24, 2.45) is 0 Å². The van der Waals surface area contributed by atoms with Crippen LogP contribution >= 0.6 is 0 Å². The molecule has 0 aliphatic carbocycles. The Morgan fingerprint density at radius 1 is 1.42 bits per heavy atom. The lowest BCUT2D eigenvalue weighted by Gasteiger charge is -2.19. The molecular formula is C13H16N4O2. The van der Waals surface area contributed by atoms with Crippen LogP contribution in [0.15, 0.2) is 18.3 Å². The van der Waals surface area contributed by atoms with Crippen molar-refractivity contribution in [3.05, 3.63) is 29.6 Å². The first-order valence-corrected chi connectivity index (χ1v) is 6.04. The molecule has 0 aliphatic rings. The molecule has 0 unspecified atom stereocenters. The highest BCUT2D eigenvalue weighted by Gasteiger charge is 2.17. The van der Waals surface area contributed by atoms with E-state index in [1.165, 1.54) is 23.2 Å². The summed E-state index contributed by atoms with van der Waals surface area (Å²) in [5, 5.41) is 11.3. The van der Waals surface area contributed by atoms with Gasteiger partial charge in [-0.1, -0.05) is 0 Å². The summed E-state index contributed by atoms with van der Waals surface area (Å²) in [5.41, 5.74) is 0.619. The summed E-state index contributed by atoms with van der Waals surface area (Å²) in [5.74, 6) is -0.524. The zero-order valence-electron chi connectivity index (χ0n) is 11.0. The van der Waals surface area contributed by atoms with Crippen LogP contribution in [0.5, 0.6) is 0 Å². The summed E-state index contributed by atoms with van der Waals surface area (Å²) in [6.07, 6.45) is 1.34. The maximum Gasteiger partial charge on any atom is 0.272 e. The Morgan fingerprint density at radius 3 is 2.63 bits per heavy atom. The average molecular weight is 260 g/mol. The highest BCUT2D eigenvalue weighted by Crippen LogP contribution is 2.03. The summed E-state index contributed by atoms with van der Waals surface area (Å²) in [7, 11) is 0. The Hall–Kier alpha value is -2.42. The number of aromatic nitrogens is 1. The zero-order chi connectivity index (χ0) is 14.3. The van der Waals surface area contributed by atoms with Crippen LogP contribution in [0.4, 0.5) is 0 Å². The van der Waals surface area contributed by atoms with Gasteiger partial charge >= 0.3 is 0 Å². The first-order chi connectivity index (χ1) is 9.12. The van der Waals surface area contributed by atoms with Crippen LogP contribution < -0.4 is 5.32 Å². The van der Waals surface area contributed by atoms with Gasteiger partial charge in [0.15, 0.2) is 0 Å². The Kier molecular flexibility index (Phi) is 5.48. The number of carbonyl (C=O) groups is 2. The number of carbonyl (C=O) groups excluding carboxylic acids is 2. The molecule has 0 atom stereocenters. The van der Waals surface area contributed by atoms with Crippen LogP contribution in [0.3, 0.4) is 0 Å². The third kappa shape index (κ3) is 4.07.